The maximum atomic E-state index is 4.44. The molecule has 0 N–H and O–H groups in total. The van der Waals surface area contributed by atoms with Gasteiger partial charge in [0.1, 0.15) is 11.6 Å². The molecule has 0 aromatic carbocycles. The maximum Gasteiger partial charge on any atom is 0.150 e. The Hall–Kier alpha value is -1.69. The molecule has 0 aliphatic carbocycles. The molecule has 0 saturated heterocycles. The molecule has 2 aromatic heterocycles. The molecule has 0 amide bonds. The average Bonchev–Trinajstić information content (AvgIpc) is 3.13. The Labute approximate surface area is 132 Å². The molecule has 0 saturated carbocycles. The fourth-order valence-electron chi connectivity index (χ4n) is 3.17. The zero-order valence-electron chi connectivity index (χ0n) is 14.0. The number of rotatable bonds is 5. The molecule has 0 spiro atoms. The predicted octanol–water partition coefficient (Wildman–Crippen LogP) is 2.24. The Morgan fingerprint density at radius 1 is 1.27 bits per heavy atom. The van der Waals surface area contributed by atoms with Crippen molar-refractivity contribution in [3.63, 3.8) is 0 Å². The lowest BCUT2D eigenvalue weighted by molar-refractivity contribution is 0.165. The van der Waals surface area contributed by atoms with E-state index in [1.807, 2.05) is 10.9 Å². The summed E-state index contributed by atoms with van der Waals surface area (Å²) in [5, 5.41) is 13.2. The summed E-state index contributed by atoms with van der Waals surface area (Å²) in [5.74, 6) is 2.66. The molecule has 1 aliphatic heterocycles. The molecule has 0 bridgehead atoms. The maximum absolute atomic E-state index is 4.44. The predicted molar refractivity (Wildman–Crippen MR) is 85.7 cm³/mol. The largest absolute Gasteiger partial charge is 0.312 e. The zero-order valence-corrected chi connectivity index (χ0v) is 14.0. The third-order valence-electron chi connectivity index (χ3n) is 4.56. The van der Waals surface area contributed by atoms with Crippen LogP contribution in [-0.4, -0.2) is 42.5 Å². The fraction of sp³-hybridized carbons (Fsp3) is 0.688. The summed E-state index contributed by atoms with van der Waals surface area (Å²) >= 11 is 0. The van der Waals surface area contributed by atoms with Gasteiger partial charge in [-0.25, -0.2) is 0 Å². The summed E-state index contributed by atoms with van der Waals surface area (Å²) in [4.78, 5) is 2.50. The summed E-state index contributed by atoms with van der Waals surface area (Å²) in [5.41, 5.74) is 1.31. The van der Waals surface area contributed by atoms with E-state index in [0.29, 0.717) is 12.0 Å². The first kappa shape index (κ1) is 15.2. The van der Waals surface area contributed by atoms with Gasteiger partial charge in [-0.1, -0.05) is 13.8 Å². The Balaban J connectivity index is 1.66. The van der Waals surface area contributed by atoms with Crippen LogP contribution in [0.15, 0.2) is 12.4 Å². The average molecular weight is 302 g/mol. The van der Waals surface area contributed by atoms with Gasteiger partial charge in [0, 0.05) is 38.3 Å². The molecule has 2 aromatic rings. The Bertz CT molecular complexity index is 626. The minimum Gasteiger partial charge on any atom is -0.312 e. The standard InChI is InChI=1S/C16H26N6/c1-5-21-11-14(10-17-21)6-7-20-8-9-22-15(12(2)3)18-19-16(22)13(20)4/h10-13H,5-9H2,1-4H3. The molecule has 0 fully saturated rings. The van der Waals surface area contributed by atoms with Crippen molar-refractivity contribution in [3.05, 3.63) is 29.6 Å². The lowest BCUT2D eigenvalue weighted by Gasteiger charge is -2.33. The lowest BCUT2D eigenvalue weighted by atomic mass is 10.1. The number of hydrogen-bond acceptors (Lipinski definition) is 4. The minimum atomic E-state index is 0.329. The lowest BCUT2D eigenvalue weighted by Crippen LogP contribution is -2.38. The van der Waals surface area contributed by atoms with E-state index in [2.05, 4.69) is 58.7 Å². The normalized spacial score (nSPS) is 18.9. The quantitative estimate of drug-likeness (QED) is 0.850. The van der Waals surface area contributed by atoms with E-state index in [0.717, 1.165) is 44.2 Å². The van der Waals surface area contributed by atoms with Crippen LogP contribution in [0.4, 0.5) is 0 Å². The molecule has 0 radical (unpaired) electrons. The van der Waals surface area contributed by atoms with E-state index in [9.17, 15) is 0 Å². The third kappa shape index (κ3) is 2.79. The number of nitrogens with zero attached hydrogens (tertiary/aromatic N) is 6. The first-order chi connectivity index (χ1) is 10.6. The van der Waals surface area contributed by atoms with Gasteiger partial charge in [0.15, 0.2) is 0 Å². The molecule has 1 atom stereocenters. The van der Waals surface area contributed by atoms with Crippen LogP contribution in [0.5, 0.6) is 0 Å². The van der Waals surface area contributed by atoms with Crippen molar-refractivity contribution >= 4 is 0 Å². The Morgan fingerprint density at radius 2 is 2.09 bits per heavy atom. The number of fused-ring (bicyclic) bond motifs is 1. The monoisotopic (exact) mass is 302 g/mol. The second-order valence-corrected chi connectivity index (χ2v) is 6.39. The zero-order chi connectivity index (χ0) is 15.7. The van der Waals surface area contributed by atoms with Crippen molar-refractivity contribution in [1.82, 2.24) is 29.4 Å². The van der Waals surface area contributed by atoms with Crippen molar-refractivity contribution in [2.24, 2.45) is 0 Å². The Morgan fingerprint density at radius 3 is 2.77 bits per heavy atom. The van der Waals surface area contributed by atoms with Gasteiger partial charge in [-0.2, -0.15) is 5.10 Å². The molecule has 1 aliphatic rings. The van der Waals surface area contributed by atoms with E-state index < -0.39 is 0 Å². The van der Waals surface area contributed by atoms with Gasteiger partial charge >= 0.3 is 0 Å². The highest BCUT2D eigenvalue weighted by molar-refractivity contribution is 5.08. The molecule has 120 valence electrons. The molecule has 3 heterocycles. The second kappa shape index (κ2) is 6.20. The summed E-state index contributed by atoms with van der Waals surface area (Å²) in [6.45, 7) is 12.7. The van der Waals surface area contributed by atoms with Crippen LogP contribution in [0.3, 0.4) is 0 Å². The van der Waals surface area contributed by atoms with Crippen molar-refractivity contribution in [2.45, 2.75) is 59.2 Å². The molecule has 6 heteroatoms. The van der Waals surface area contributed by atoms with Crippen molar-refractivity contribution < 1.29 is 0 Å². The number of aromatic nitrogens is 5. The van der Waals surface area contributed by atoms with Gasteiger partial charge < -0.3 is 4.57 Å². The van der Waals surface area contributed by atoms with E-state index >= 15 is 0 Å². The van der Waals surface area contributed by atoms with Crippen LogP contribution in [-0.2, 0) is 19.5 Å². The van der Waals surface area contributed by atoms with Crippen LogP contribution in [0.25, 0.3) is 0 Å². The fourth-order valence-corrected chi connectivity index (χ4v) is 3.17. The van der Waals surface area contributed by atoms with Crippen molar-refractivity contribution in [3.8, 4) is 0 Å². The smallest absolute Gasteiger partial charge is 0.150 e. The Kier molecular flexibility index (Phi) is 4.29. The van der Waals surface area contributed by atoms with Crippen LogP contribution >= 0.6 is 0 Å². The highest BCUT2D eigenvalue weighted by Crippen LogP contribution is 2.26. The number of hydrogen-bond donors (Lipinski definition) is 0. The van der Waals surface area contributed by atoms with Crippen LogP contribution < -0.4 is 0 Å². The van der Waals surface area contributed by atoms with E-state index in [1.165, 1.54) is 5.56 Å². The minimum absolute atomic E-state index is 0.329. The first-order valence-corrected chi connectivity index (χ1v) is 8.28. The van der Waals surface area contributed by atoms with Gasteiger partial charge in [0.2, 0.25) is 0 Å². The SMILES string of the molecule is CCn1cc(CCN2CCn3c(C(C)C)nnc3C2C)cn1. The van der Waals surface area contributed by atoms with Crippen LogP contribution in [0.2, 0.25) is 0 Å². The molecule has 1 unspecified atom stereocenters. The van der Waals surface area contributed by atoms with E-state index in [-0.39, 0.29) is 0 Å². The van der Waals surface area contributed by atoms with E-state index in [4.69, 9.17) is 0 Å². The van der Waals surface area contributed by atoms with Crippen molar-refractivity contribution in [2.75, 3.05) is 13.1 Å². The molecule has 6 nitrogen and oxygen atoms in total. The first-order valence-electron chi connectivity index (χ1n) is 8.28. The summed E-state index contributed by atoms with van der Waals surface area (Å²) in [6.07, 6.45) is 5.17. The topological polar surface area (TPSA) is 51.8 Å². The molecule has 3 rings (SSSR count). The van der Waals surface area contributed by atoms with Gasteiger partial charge in [0.05, 0.1) is 12.2 Å². The summed E-state index contributed by atoms with van der Waals surface area (Å²) in [6, 6.07) is 0.329. The van der Waals surface area contributed by atoms with E-state index in [1.54, 1.807) is 0 Å². The summed E-state index contributed by atoms with van der Waals surface area (Å²) in [7, 11) is 0. The highest BCUT2D eigenvalue weighted by Gasteiger charge is 2.28. The summed E-state index contributed by atoms with van der Waals surface area (Å²) < 4.78 is 4.29. The van der Waals surface area contributed by atoms with Gasteiger partial charge in [-0.3, -0.25) is 9.58 Å². The van der Waals surface area contributed by atoms with Gasteiger partial charge in [-0.05, 0) is 25.8 Å². The van der Waals surface area contributed by atoms with Gasteiger partial charge in [0.25, 0.3) is 0 Å². The second-order valence-electron chi connectivity index (χ2n) is 6.39. The molecular formula is C16H26N6. The van der Waals surface area contributed by atoms with Crippen LogP contribution in [0.1, 0.15) is 56.9 Å². The van der Waals surface area contributed by atoms with Crippen molar-refractivity contribution in [1.29, 1.82) is 0 Å². The molecule has 22 heavy (non-hydrogen) atoms. The third-order valence-corrected chi connectivity index (χ3v) is 4.56. The number of aryl methyl sites for hydroxylation is 1. The van der Waals surface area contributed by atoms with Crippen LogP contribution in [0, 0.1) is 0 Å². The molecular weight excluding hydrogens is 276 g/mol. The van der Waals surface area contributed by atoms with Gasteiger partial charge in [-0.15, -0.1) is 10.2 Å². The highest BCUT2D eigenvalue weighted by atomic mass is 15.4.